The molecule has 0 N–H and O–H groups in total. The molecule has 0 aromatic heterocycles. The first kappa shape index (κ1) is 20.8. The molecule has 28 heavy (non-hydrogen) atoms. The molecule has 6 nitrogen and oxygen atoms in total. The van der Waals surface area contributed by atoms with Crippen LogP contribution in [0.15, 0.2) is 29.2 Å². The Morgan fingerprint density at radius 1 is 1.04 bits per heavy atom. The second-order valence-electron chi connectivity index (χ2n) is 7.82. The zero-order chi connectivity index (χ0) is 20.0. The van der Waals surface area contributed by atoms with Gasteiger partial charge in [-0.15, -0.1) is 0 Å². The van der Waals surface area contributed by atoms with Crippen molar-refractivity contribution in [2.45, 2.75) is 56.3 Å². The van der Waals surface area contributed by atoms with E-state index in [1.165, 1.54) is 60.7 Å². The molecule has 1 aromatic rings. The number of nitriles is 1. The van der Waals surface area contributed by atoms with Gasteiger partial charge >= 0.3 is 0 Å². The maximum Gasteiger partial charge on any atom is 0.243 e. The molecule has 3 rings (SSSR count). The highest BCUT2D eigenvalue weighted by atomic mass is 32.2. The van der Waals surface area contributed by atoms with Gasteiger partial charge in [-0.2, -0.15) is 9.57 Å². The van der Waals surface area contributed by atoms with E-state index in [0.29, 0.717) is 38.2 Å². The third-order valence-corrected chi connectivity index (χ3v) is 7.85. The van der Waals surface area contributed by atoms with Crippen molar-refractivity contribution in [1.82, 2.24) is 9.21 Å². The predicted octanol–water partition coefficient (Wildman–Crippen LogP) is 3.14. The van der Waals surface area contributed by atoms with Crippen LogP contribution in [0.5, 0.6) is 0 Å². The Bertz CT molecular complexity index is 800. The fraction of sp³-hybridized carbons (Fsp3) is 0.619. The van der Waals surface area contributed by atoms with E-state index in [2.05, 4.69) is 0 Å². The van der Waals surface area contributed by atoms with Gasteiger partial charge in [-0.05, 0) is 43.0 Å². The number of piperazine rings is 1. The first-order valence-corrected chi connectivity index (χ1v) is 11.7. The lowest BCUT2D eigenvalue weighted by Crippen LogP contribution is -2.50. The van der Waals surface area contributed by atoms with Crippen molar-refractivity contribution in [3.8, 4) is 6.07 Å². The summed E-state index contributed by atoms with van der Waals surface area (Å²) < 4.78 is 26.9. The van der Waals surface area contributed by atoms with Gasteiger partial charge in [0.1, 0.15) is 0 Å². The van der Waals surface area contributed by atoms with Gasteiger partial charge in [0, 0.05) is 32.6 Å². The molecule has 1 saturated carbocycles. The van der Waals surface area contributed by atoms with Gasteiger partial charge in [0.2, 0.25) is 15.9 Å². The molecule has 1 amide bonds. The average molecular weight is 404 g/mol. The van der Waals surface area contributed by atoms with Gasteiger partial charge in [0.25, 0.3) is 0 Å². The van der Waals surface area contributed by atoms with E-state index < -0.39 is 10.0 Å². The van der Waals surface area contributed by atoms with E-state index in [9.17, 15) is 13.2 Å². The zero-order valence-electron chi connectivity index (χ0n) is 16.3. The Balaban J connectivity index is 1.46. The van der Waals surface area contributed by atoms with Crippen LogP contribution in [-0.2, 0) is 14.8 Å². The van der Waals surface area contributed by atoms with Crippen LogP contribution in [0.4, 0.5) is 0 Å². The fourth-order valence-corrected chi connectivity index (χ4v) is 5.63. The van der Waals surface area contributed by atoms with Gasteiger partial charge < -0.3 is 4.90 Å². The summed E-state index contributed by atoms with van der Waals surface area (Å²) >= 11 is 0. The summed E-state index contributed by atoms with van der Waals surface area (Å²) in [5.41, 5.74) is 0.433. The molecule has 0 atom stereocenters. The van der Waals surface area contributed by atoms with Gasteiger partial charge in [0.05, 0.1) is 16.5 Å². The Morgan fingerprint density at radius 3 is 2.29 bits per heavy atom. The fourth-order valence-electron chi connectivity index (χ4n) is 4.20. The summed E-state index contributed by atoms with van der Waals surface area (Å²) in [6.45, 7) is 1.52. The molecule has 1 aliphatic heterocycles. The molecular formula is C21H29N3O3S. The molecule has 1 aromatic carbocycles. The lowest BCUT2D eigenvalue weighted by atomic mass is 9.86. The molecule has 2 aliphatic rings. The van der Waals surface area contributed by atoms with Gasteiger partial charge in [-0.25, -0.2) is 8.42 Å². The van der Waals surface area contributed by atoms with Crippen LogP contribution in [0.3, 0.4) is 0 Å². The number of amides is 1. The second-order valence-corrected chi connectivity index (χ2v) is 9.76. The van der Waals surface area contributed by atoms with Crippen molar-refractivity contribution in [2.24, 2.45) is 5.92 Å². The van der Waals surface area contributed by atoms with E-state index >= 15 is 0 Å². The van der Waals surface area contributed by atoms with Crippen LogP contribution in [0.2, 0.25) is 0 Å². The number of hydrogen-bond acceptors (Lipinski definition) is 4. The summed E-state index contributed by atoms with van der Waals surface area (Å²) in [5, 5.41) is 8.85. The molecule has 2 fully saturated rings. The van der Waals surface area contributed by atoms with Crippen molar-refractivity contribution < 1.29 is 13.2 Å². The topological polar surface area (TPSA) is 81.5 Å². The number of benzene rings is 1. The minimum atomic E-state index is -3.58. The molecular weight excluding hydrogens is 374 g/mol. The Labute approximate surface area is 168 Å². The van der Waals surface area contributed by atoms with Crippen LogP contribution in [0, 0.1) is 17.2 Å². The van der Waals surface area contributed by atoms with Crippen molar-refractivity contribution in [3.05, 3.63) is 29.8 Å². The molecule has 0 radical (unpaired) electrons. The van der Waals surface area contributed by atoms with Crippen LogP contribution in [0.1, 0.15) is 56.9 Å². The first-order valence-electron chi connectivity index (χ1n) is 10.3. The molecule has 1 saturated heterocycles. The quantitative estimate of drug-likeness (QED) is 0.731. The second kappa shape index (κ2) is 9.53. The first-order chi connectivity index (χ1) is 13.5. The Morgan fingerprint density at radius 2 is 1.68 bits per heavy atom. The summed E-state index contributed by atoms with van der Waals surface area (Å²) in [6, 6.07) is 7.95. The molecule has 152 valence electrons. The highest BCUT2D eigenvalue weighted by molar-refractivity contribution is 7.89. The van der Waals surface area contributed by atoms with E-state index in [-0.39, 0.29) is 10.8 Å². The van der Waals surface area contributed by atoms with Gasteiger partial charge in [-0.3, -0.25) is 4.79 Å². The number of carbonyl (C=O) groups excluding carboxylic acids is 1. The maximum atomic E-state index is 12.8. The van der Waals surface area contributed by atoms with Crippen molar-refractivity contribution in [2.75, 3.05) is 26.2 Å². The number of rotatable bonds is 6. The van der Waals surface area contributed by atoms with E-state index in [4.69, 9.17) is 5.26 Å². The van der Waals surface area contributed by atoms with Crippen molar-refractivity contribution in [1.29, 1.82) is 5.26 Å². The standard InChI is InChI=1S/C21H29N3O3S/c22-17-19-9-11-20(12-10-19)28(26,27)24-15-13-23(14-16-24)21(25)8-4-7-18-5-2-1-3-6-18/h9-12,18H,1-8,13-16H2. The summed E-state index contributed by atoms with van der Waals surface area (Å²) in [7, 11) is -3.58. The highest BCUT2D eigenvalue weighted by Gasteiger charge is 2.30. The van der Waals surface area contributed by atoms with E-state index in [0.717, 1.165) is 18.8 Å². The third-order valence-electron chi connectivity index (χ3n) is 5.94. The zero-order valence-corrected chi connectivity index (χ0v) is 17.2. The van der Waals surface area contributed by atoms with Crippen LogP contribution in [-0.4, -0.2) is 49.7 Å². The van der Waals surface area contributed by atoms with Gasteiger partial charge in [0.15, 0.2) is 0 Å². The smallest absolute Gasteiger partial charge is 0.243 e. The normalized spacial score (nSPS) is 19.3. The maximum absolute atomic E-state index is 12.8. The van der Waals surface area contributed by atoms with Gasteiger partial charge in [-0.1, -0.05) is 32.1 Å². The highest BCUT2D eigenvalue weighted by Crippen LogP contribution is 2.28. The van der Waals surface area contributed by atoms with E-state index in [1.807, 2.05) is 6.07 Å². The van der Waals surface area contributed by atoms with Crippen LogP contribution < -0.4 is 0 Å². The number of hydrogen-bond donors (Lipinski definition) is 0. The number of sulfonamides is 1. The molecule has 0 unspecified atom stereocenters. The Kier molecular flexibility index (Phi) is 7.08. The summed E-state index contributed by atoms with van der Waals surface area (Å²) in [5.74, 6) is 0.933. The van der Waals surface area contributed by atoms with Crippen LogP contribution in [0.25, 0.3) is 0 Å². The third kappa shape index (κ3) is 5.12. The average Bonchev–Trinajstić information content (AvgIpc) is 2.74. The van der Waals surface area contributed by atoms with E-state index in [1.54, 1.807) is 4.90 Å². The monoisotopic (exact) mass is 403 g/mol. The minimum absolute atomic E-state index is 0.145. The largest absolute Gasteiger partial charge is 0.340 e. The molecule has 1 heterocycles. The van der Waals surface area contributed by atoms with Crippen LogP contribution >= 0.6 is 0 Å². The SMILES string of the molecule is N#Cc1ccc(S(=O)(=O)N2CCN(C(=O)CCCC3CCCCC3)CC2)cc1. The lowest BCUT2D eigenvalue weighted by molar-refractivity contribution is -0.132. The number of nitrogens with zero attached hydrogens (tertiary/aromatic N) is 3. The molecule has 1 aliphatic carbocycles. The lowest BCUT2D eigenvalue weighted by Gasteiger charge is -2.34. The summed E-state index contributed by atoms with van der Waals surface area (Å²) in [6.07, 6.45) is 9.26. The molecule has 0 spiro atoms. The summed E-state index contributed by atoms with van der Waals surface area (Å²) in [4.78, 5) is 14.5. The minimum Gasteiger partial charge on any atom is -0.340 e. The van der Waals surface area contributed by atoms with Crippen molar-refractivity contribution >= 4 is 15.9 Å². The number of carbonyl (C=O) groups is 1. The Hall–Kier alpha value is -1.91. The molecule has 0 bridgehead atoms. The predicted molar refractivity (Wildman–Crippen MR) is 107 cm³/mol. The molecule has 7 heteroatoms. The van der Waals surface area contributed by atoms with Crippen molar-refractivity contribution in [3.63, 3.8) is 0 Å².